The van der Waals surface area contributed by atoms with Crippen LogP contribution in [0.4, 0.5) is 0 Å². The van der Waals surface area contributed by atoms with Gasteiger partial charge in [-0.05, 0) is 12.8 Å². The first kappa shape index (κ1) is 12.0. The van der Waals surface area contributed by atoms with Gasteiger partial charge in [-0.1, -0.05) is 12.8 Å². The van der Waals surface area contributed by atoms with Gasteiger partial charge in [0.2, 0.25) is 0 Å². The molecule has 0 bridgehead atoms. The van der Waals surface area contributed by atoms with Crippen molar-refractivity contribution in [3.63, 3.8) is 0 Å². The Morgan fingerprint density at radius 2 is 2.25 bits per heavy atom. The molecule has 4 nitrogen and oxygen atoms in total. The molecule has 1 saturated heterocycles. The van der Waals surface area contributed by atoms with Crippen molar-refractivity contribution in [3.05, 3.63) is 0 Å². The summed E-state index contributed by atoms with van der Waals surface area (Å²) in [6.07, 6.45) is 5.21. The molecule has 1 heterocycles. The Balaban J connectivity index is 1.89. The highest BCUT2D eigenvalue weighted by Crippen LogP contribution is 2.28. The lowest BCUT2D eigenvalue weighted by atomic mass is 9.90. The van der Waals surface area contributed by atoms with Gasteiger partial charge in [-0.3, -0.25) is 9.69 Å². The Kier molecular flexibility index (Phi) is 4.32. The van der Waals surface area contributed by atoms with E-state index in [1.165, 1.54) is 19.3 Å². The van der Waals surface area contributed by atoms with Crippen molar-refractivity contribution in [1.82, 2.24) is 4.90 Å². The number of hydrogen-bond donors (Lipinski definition) is 0. The fourth-order valence-electron chi connectivity index (χ4n) is 2.81. The van der Waals surface area contributed by atoms with E-state index in [9.17, 15) is 4.79 Å². The van der Waals surface area contributed by atoms with E-state index in [1.807, 2.05) is 0 Å². The van der Waals surface area contributed by atoms with Crippen LogP contribution >= 0.6 is 0 Å². The summed E-state index contributed by atoms with van der Waals surface area (Å²) in [6.45, 7) is 2.41. The number of carbonyl (C=O) groups is 1. The van der Waals surface area contributed by atoms with Crippen molar-refractivity contribution in [2.45, 2.75) is 37.8 Å². The van der Waals surface area contributed by atoms with E-state index in [0.717, 1.165) is 19.6 Å². The van der Waals surface area contributed by atoms with Crippen LogP contribution < -0.4 is 0 Å². The van der Waals surface area contributed by atoms with Crippen molar-refractivity contribution in [2.24, 2.45) is 0 Å². The van der Waals surface area contributed by atoms with Crippen molar-refractivity contribution in [2.75, 3.05) is 33.4 Å². The molecule has 2 atom stereocenters. The van der Waals surface area contributed by atoms with Gasteiger partial charge in [0.25, 0.3) is 0 Å². The summed E-state index contributed by atoms with van der Waals surface area (Å²) >= 11 is 0. The van der Waals surface area contributed by atoms with Crippen LogP contribution in [0.5, 0.6) is 0 Å². The Bertz CT molecular complexity index is 242. The number of methoxy groups -OCH3 is 1. The predicted octanol–water partition coefficient (Wildman–Crippen LogP) is 0.845. The number of ether oxygens (including phenoxy) is 2. The summed E-state index contributed by atoms with van der Waals surface area (Å²) in [5.41, 5.74) is 0. The first-order valence-corrected chi connectivity index (χ1v) is 6.17. The largest absolute Gasteiger partial charge is 0.377 e. The molecule has 2 fully saturated rings. The summed E-state index contributed by atoms with van der Waals surface area (Å²) in [5.74, 6) is 0.175. The van der Waals surface area contributed by atoms with Crippen molar-refractivity contribution >= 4 is 5.78 Å². The lowest BCUT2D eigenvalue weighted by Crippen LogP contribution is -2.54. The van der Waals surface area contributed by atoms with Gasteiger partial charge in [0.05, 0.1) is 19.3 Å². The maximum atomic E-state index is 11.6. The predicted molar refractivity (Wildman–Crippen MR) is 60.5 cm³/mol. The highest BCUT2D eigenvalue weighted by Gasteiger charge is 2.34. The minimum Gasteiger partial charge on any atom is -0.377 e. The summed E-state index contributed by atoms with van der Waals surface area (Å²) in [6, 6.07) is 0.461. The molecule has 0 aromatic rings. The van der Waals surface area contributed by atoms with E-state index >= 15 is 0 Å². The van der Waals surface area contributed by atoms with Gasteiger partial charge >= 0.3 is 0 Å². The highest BCUT2D eigenvalue weighted by molar-refractivity contribution is 5.81. The van der Waals surface area contributed by atoms with Crippen LogP contribution in [0.3, 0.4) is 0 Å². The Hall–Kier alpha value is -0.450. The molecule has 92 valence electrons. The van der Waals surface area contributed by atoms with Gasteiger partial charge in [-0.25, -0.2) is 0 Å². The van der Waals surface area contributed by atoms with Crippen molar-refractivity contribution < 1.29 is 14.3 Å². The Morgan fingerprint density at radius 3 is 3.06 bits per heavy atom. The smallest absolute Gasteiger partial charge is 0.172 e. The number of ketones is 1. The second kappa shape index (κ2) is 5.75. The molecular weight excluding hydrogens is 206 g/mol. The molecule has 0 spiro atoms. The van der Waals surface area contributed by atoms with Crippen LogP contribution in [-0.4, -0.2) is 56.2 Å². The van der Waals surface area contributed by atoms with Gasteiger partial charge in [0.15, 0.2) is 5.78 Å². The molecule has 4 heteroatoms. The molecule has 1 aliphatic carbocycles. The van der Waals surface area contributed by atoms with Gasteiger partial charge in [-0.15, -0.1) is 0 Å². The van der Waals surface area contributed by atoms with Crippen molar-refractivity contribution in [3.8, 4) is 0 Å². The molecule has 2 unspecified atom stereocenters. The SMILES string of the molecule is COCC(=O)CN1CCOC2CCCCC21. The Labute approximate surface area is 96.9 Å². The zero-order chi connectivity index (χ0) is 11.4. The first-order chi connectivity index (χ1) is 7.81. The fourth-order valence-corrected chi connectivity index (χ4v) is 2.81. The van der Waals surface area contributed by atoms with Gasteiger partial charge < -0.3 is 9.47 Å². The average Bonchev–Trinajstić information content (AvgIpc) is 2.30. The second-order valence-electron chi connectivity index (χ2n) is 4.70. The quantitative estimate of drug-likeness (QED) is 0.713. The maximum absolute atomic E-state index is 11.6. The number of carbonyl (C=O) groups excluding carboxylic acids is 1. The molecule has 2 rings (SSSR count). The minimum absolute atomic E-state index is 0.175. The molecule has 1 aliphatic heterocycles. The van der Waals surface area contributed by atoms with Crippen LogP contribution in [0.25, 0.3) is 0 Å². The average molecular weight is 227 g/mol. The topological polar surface area (TPSA) is 38.8 Å². The molecule has 0 N–H and O–H groups in total. The highest BCUT2D eigenvalue weighted by atomic mass is 16.5. The lowest BCUT2D eigenvalue weighted by molar-refractivity contribution is -0.130. The van der Waals surface area contributed by atoms with E-state index in [4.69, 9.17) is 9.47 Å². The van der Waals surface area contributed by atoms with Crippen LogP contribution in [-0.2, 0) is 14.3 Å². The molecule has 0 radical (unpaired) electrons. The summed E-state index contributed by atoms with van der Waals surface area (Å²) in [5, 5.41) is 0. The van der Waals surface area contributed by atoms with Gasteiger partial charge in [0, 0.05) is 19.7 Å². The zero-order valence-electron chi connectivity index (χ0n) is 9.98. The van der Waals surface area contributed by atoms with Crippen molar-refractivity contribution in [1.29, 1.82) is 0 Å². The standard InChI is InChI=1S/C12H21NO3/c1-15-9-10(14)8-13-6-7-16-12-5-3-2-4-11(12)13/h11-12H,2-9H2,1H3. The molecule has 0 aromatic carbocycles. The third-order valence-electron chi connectivity index (χ3n) is 3.53. The number of Topliss-reactive ketones (excluding diaryl/α,β-unsaturated/α-hetero) is 1. The second-order valence-corrected chi connectivity index (χ2v) is 4.70. The monoisotopic (exact) mass is 227 g/mol. The third kappa shape index (κ3) is 2.81. The van der Waals surface area contributed by atoms with Gasteiger partial charge in [0.1, 0.15) is 6.61 Å². The third-order valence-corrected chi connectivity index (χ3v) is 3.53. The fraction of sp³-hybridized carbons (Fsp3) is 0.917. The van der Waals surface area contributed by atoms with Crippen LogP contribution in [0.1, 0.15) is 25.7 Å². The molecule has 16 heavy (non-hydrogen) atoms. The van der Waals surface area contributed by atoms with E-state index in [0.29, 0.717) is 18.7 Å². The first-order valence-electron chi connectivity index (χ1n) is 6.17. The molecule has 1 saturated carbocycles. The van der Waals surface area contributed by atoms with E-state index < -0.39 is 0 Å². The van der Waals surface area contributed by atoms with Crippen LogP contribution in [0, 0.1) is 0 Å². The van der Waals surface area contributed by atoms with E-state index in [1.54, 1.807) is 7.11 Å². The molecule has 2 aliphatic rings. The number of fused-ring (bicyclic) bond motifs is 1. The summed E-state index contributed by atoms with van der Waals surface area (Å²) in [7, 11) is 1.57. The number of nitrogens with zero attached hydrogens (tertiary/aromatic N) is 1. The number of rotatable bonds is 4. The maximum Gasteiger partial charge on any atom is 0.172 e. The number of morpholine rings is 1. The summed E-state index contributed by atoms with van der Waals surface area (Å²) in [4.78, 5) is 13.9. The Morgan fingerprint density at radius 1 is 1.44 bits per heavy atom. The summed E-state index contributed by atoms with van der Waals surface area (Å²) < 4.78 is 10.6. The van der Waals surface area contributed by atoms with Crippen LogP contribution in [0.2, 0.25) is 0 Å². The lowest BCUT2D eigenvalue weighted by Gasteiger charge is -2.43. The molecule has 0 aromatic heterocycles. The van der Waals surface area contributed by atoms with Gasteiger partial charge in [-0.2, -0.15) is 0 Å². The normalized spacial score (nSPS) is 31.1. The molecular formula is C12H21NO3. The van der Waals surface area contributed by atoms with Crippen LogP contribution in [0.15, 0.2) is 0 Å². The minimum atomic E-state index is 0.175. The van der Waals surface area contributed by atoms with E-state index in [2.05, 4.69) is 4.90 Å². The van der Waals surface area contributed by atoms with E-state index in [-0.39, 0.29) is 12.4 Å². The zero-order valence-corrected chi connectivity index (χ0v) is 9.98. The molecule has 0 amide bonds. The number of hydrogen-bond acceptors (Lipinski definition) is 4.